The van der Waals surface area contributed by atoms with E-state index < -0.39 is 10.0 Å². The number of carbonyl (C=O) groups excluding carboxylic acids is 1. The molecule has 2 aromatic carbocycles. The SMILES string of the molecule is Cc1ccc(S(=O)(=O)Nc2ccc(C(=O)NCCCN3CCN(C)CC3)cc2)cc1C. The first-order valence-electron chi connectivity index (χ1n) is 10.6. The second-order valence-electron chi connectivity index (χ2n) is 8.18. The molecule has 0 aliphatic carbocycles. The molecule has 2 N–H and O–H groups in total. The zero-order chi connectivity index (χ0) is 22.4. The average molecular weight is 445 g/mol. The van der Waals surface area contributed by atoms with Gasteiger partial charge in [-0.15, -0.1) is 0 Å². The van der Waals surface area contributed by atoms with Gasteiger partial charge in [0.05, 0.1) is 4.90 Å². The third-order valence-electron chi connectivity index (χ3n) is 5.72. The minimum absolute atomic E-state index is 0.151. The van der Waals surface area contributed by atoms with Crippen molar-refractivity contribution in [2.45, 2.75) is 25.2 Å². The summed E-state index contributed by atoms with van der Waals surface area (Å²) in [6.07, 6.45) is 0.906. The fourth-order valence-corrected chi connectivity index (χ4v) is 4.61. The van der Waals surface area contributed by atoms with E-state index in [9.17, 15) is 13.2 Å². The highest BCUT2D eigenvalue weighted by Crippen LogP contribution is 2.19. The molecule has 2 aromatic rings. The number of hydrogen-bond acceptors (Lipinski definition) is 5. The summed E-state index contributed by atoms with van der Waals surface area (Å²) < 4.78 is 27.8. The maximum Gasteiger partial charge on any atom is 0.261 e. The molecule has 1 aliphatic rings. The highest BCUT2D eigenvalue weighted by atomic mass is 32.2. The lowest BCUT2D eigenvalue weighted by Crippen LogP contribution is -2.45. The summed E-state index contributed by atoms with van der Waals surface area (Å²) in [6, 6.07) is 11.5. The van der Waals surface area contributed by atoms with Gasteiger partial charge in [-0.1, -0.05) is 6.07 Å². The lowest BCUT2D eigenvalue weighted by molar-refractivity contribution is 0.0949. The monoisotopic (exact) mass is 444 g/mol. The van der Waals surface area contributed by atoms with Crippen molar-refractivity contribution in [3.05, 3.63) is 59.2 Å². The number of aryl methyl sites for hydroxylation is 2. The predicted molar refractivity (Wildman–Crippen MR) is 124 cm³/mol. The summed E-state index contributed by atoms with van der Waals surface area (Å²) >= 11 is 0. The van der Waals surface area contributed by atoms with Gasteiger partial charge in [0.25, 0.3) is 15.9 Å². The number of nitrogens with one attached hydrogen (secondary N) is 2. The van der Waals surface area contributed by atoms with Crippen LogP contribution in [0.3, 0.4) is 0 Å². The molecule has 1 saturated heterocycles. The number of benzene rings is 2. The second kappa shape index (κ2) is 10.3. The molecule has 0 bridgehead atoms. The summed E-state index contributed by atoms with van der Waals surface area (Å²) in [5, 5.41) is 2.94. The molecule has 0 aromatic heterocycles. The van der Waals surface area contributed by atoms with Crippen LogP contribution in [0.2, 0.25) is 0 Å². The van der Waals surface area contributed by atoms with Gasteiger partial charge in [0.2, 0.25) is 0 Å². The van der Waals surface area contributed by atoms with Gasteiger partial charge in [-0.3, -0.25) is 9.52 Å². The van der Waals surface area contributed by atoms with Gasteiger partial charge >= 0.3 is 0 Å². The van der Waals surface area contributed by atoms with Crippen LogP contribution in [0.5, 0.6) is 0 Å². The number of amides is 1. The molecular weight excluding hydrogens is 412 g/mol. The zero-order valence-corrected chi connectivity index (χ0v) is 19.3. The van der Waals surface area contributed by atoms with Crippen LogP contribution in [0.4, 0.5) is 5.69 Å². The lowest BCUT2D eigenvalue weighted by Gasteiger charge is -2.32. The standard InChI is InChI=1S/C23H32N4O3S/c1-18-5-10-22(17-19(18)2)31(29,30)25-21-8-6-20(7-9-21)23(28)24-11-4-12-27-15-13-26(3)14-16-27/h5-10,17,25H,4,11-16H2,1-3H3,(H,24,28). The number of sulfonamides is 1. The Labute approximate surface area is 185 Å². The van der Waals surface area contributed by atoms with Crippen LogP contribution in [0, 0.1) is 13.8 Å². The molecule has 0 atom stereocenters. The fraction of sp³-hybridized carbons (Fsp3) is 0.435. The normalized spacial score (nSPS) is 15.6. The summed E-state index contributed by atoms with van der Waals surface area (Å²) in [6.45, 7) is 9.74. The van der Waals surface area contributed by atoms with Crippen molar-refractivity contribution in [2.75, 3.05) is 51.0 Å². The van der Waals surface area contributed by atoms with E-state index in [1.807, 2.05) is 13.8 Å². The number of carbonyl (C=O) groups is 1. The summed E-state index contributed by atoms with van der Waals surface area (Å²) in [5.41, 5.74) is 2.89. The van der Waals surface area contributed by atoms with E-state index in [1.54, 1.807) is 42.5 Å². The van der Waals surface area contributed by atoms with Crippen molar-refractivity contribution < 1.29 is 13.2 Å². The van der Waals surface area contributed by atoms with E-state index in [0.717, 1.165) is 50.3 Å². The van der Waals surface area contributed by atoms with Crippen molar-refractivity contribution in [1.29, 1.82) is 0 Å². The number of rotatable bonds is 8. The van der Waals surface area contributed by atoms with Gasteiger partial charge in [-0.25, -0.2) is 8.42 Å². The van der Waals surface area contributed by atoms with Gasteiger partial charge in [0.15, 0.2) is 0 Å². The molecule has 7 nitrogen and oxygen atoms in total. The van der Waals surface area contributed by atoms with Crippen LogP contribution >= 0.6 is 0 Å². The molecule has 168 valence electrons. The van der Waals surface area contributed by atoms with Gasteiger partial charge in [-0.05, 0) is 81.4 Å². The topological polar surface area (TPSA) is 81.7 Å². The van der Waals surface area contributed by atoms with Crippen LogP contribution in [0.15, 0.2) is 47.4 Å². The highest BCUT2D eigenvalue weighted by Gasteiger charge is 2.16. The Bertz CT molecular complexity index is 998. The molecule has 31 heavy (non-hydrogen) atoms. The maximum atomic E-state index is 12.6. The third-order valence-corrected chi connectivity index (χ3v) is 7.10. The molecule has 0 spiro atoms. The Kier molecular flexibility index (Phi) is 7.69. The molecule has 1 amide bonds. The van der Waals surface area contributed by atoms with E-state index in [0.29, 0.717) is 17.8 Å². The minimum atomic E-state index is -3.68. The molecule has 3 rings (SSSR count). The number of anilines is 1. The van der Waals surface area contributed by atoms with E-state index in [-0.39, 0.29) is 10.8 Å². The average Bonchev–Trinajstić information content (AvgIpc) is 2.74. The molecule has 1 heterocycles. The van der Waals surface area contributed by atoms with Crippen molar-refractivity contribution >= 4 is 21.6 Å². The minimum Gasteiger partial charge on any atom is -0.352 e. The maximum absolute atomic E-state index is 12.6. The number of piperazine rings is 1. The first kappa shape index (κ1) is 23.2. The number of hydrogen-bond donors (Lipinski definition) is 2. The molecule has 1 aliphatic heterocycles. The van der Waals surface area contributed by atoms with Gasteiger partial charge in [-0.2, -0.15) is 0 Å². The third kappa shape index (κ3) is 6.53. The lowest BCUT2D eigenvalue weighted by atomic mass is 10.1. The highest BCUT2D eigenvalue weighted by molar-refractivity contribution is 7.92. The van der Waals surface area contributed by atoms with Gasteiger partial charge in [0.1, 0.15) is 0 Å². The fourth-order valence-electron chi connectivity index (χ4n) is 3.46. The molecular formula is C23H32N4O3S. The Morgan fingerprint density at radius 3 is 2.29 bits per heavy atom. The second-order valence-corrected chi connectivity index (χ2v) is 9.87. The van der Waals surface area contributed by atoms with Crippen molar-refractivity contribution in [1.82, 2.24) is 15.1 Å². The van der Waals surface area contributed by atoms with Crippen LogP contribution in [-0.4, -0.2) is 70.4 Å². The molecule has 0 saturated carbocycles. The molecule has 0 radical (unpaired) electrons. The van der Waals surface area contributed by atoms with Gasteiger partial charge in [0, 0.05) is 44.0 Å². The Hall–Kier alpha value is -2.42. The summed E-state index contributed by atoms with van der Waals surface area (Å²) in [5.74, 6) is -0.151. The number of nitrogens with zero attached hydrogens (tertiary/aromatic N) is 2. The van der Waals surface area contributed by atoms with E-state index in [2.05, 4.69) is 26.9 Å². The van der Waals surface area contributed by atoms with Gasteiger partial charge < -0.3 is 15.1 Å². The zero-order valence-electron chi connectivity index (χ0n) is 18.5. The van der Waals surface area contributed by atoms with Crippen molar-refractivity contribution in [2.24, 2.45) is 0 Å². The number of likely N-dealkylation sites (N-methyl/N-ethyl adjacent to an activating group) is 1. The van der Waals surface area contributed by atoms with E-state index >= 15 is 0 Å². The van der Waals surface area contributed by atoms with Crippen LogP contribution < -0.4 is 10.0 Å². The van der Waals surface area contributed by atoms with Crippen molar-refractivity contribution in [3.8, 4) is 0 Å². The van der Waals surface area contributed by atoms with E-state index in [4.69, 9.17) is 0 Å². The summed E-state index contributed by atoms with van der Waals surface area (Å²) in [7, 11) is -1.54. The van der Waals surface area contributed by atoms with Crippen LogP contribution in [-0.2, 0) is 10.0 Å². The van der Waals surface area contributed by atoms with E-state index in [1.165, 1.54) is 0 Å². The first-order chi connectivity index (χ1) is 14.7. The van der Waals surface area contributed by atoms with Crippen molar-refractivity contribution in [3.63, 3.8) is 0 Å². The van der Waals surface area contributed by atoms with Crippen LogP contribution in [0.1, 0.15) is 27.9 Å². The Morgan fingerprint density at radius 2 is 1.65 bits per heavy atom. The molecule has 8 heteroatoms. The Morgan fingerprint density at radius 1 is 0.968 bits per heavy atom. The quantitative estimate of drug-likeness (QED) is 0.612. The summed E-state index contributed by atoms with van der Waals surface area (Å²) in [4.78, 5) is 17.3. The molecule has 0 unspecified atom stereocenters. The smallest absolute Gasteiger partial charge is 0.261 e. The predicted octanol–water partition coefficient (Wildman–Crippen LogP) is 2.47. The van der Waals surface area contributed by atoms with Crippen LogP contribution in [0.25, 0.3) is 0 Å². The molecule has 1 fully saturated rings. The first-order valence-corrected chi connectivity index (χ1v) is 12.1. The Balaban J connectivity index is 1.48. The largest absolute Gasteiger partial charge is 0.352 e.